The molecule has 0 aliphatic carbocycles. The second-order valence-corrected chi connectivity index (χ2v) is 7.79. The zero-order chi connectivity index (χ0) is 18.7. The van der Waals surface area contributed by atoms with Crippen LogP contribution in [-0.4, -0.2) is 63.7 Å². The molecular formula is C16H22N2O6S. The number of benzene rings is 1. The lowest BCUT2D eigenvalue weighted by Gasteiger charge is -2.23. The highest BCUT2D eigenvalue weighted by Crippen LogP contribution is 2.32. The molecule has 1 aromatic carbocycles. The summed E-state index contributed by atoms with van der Waals surface area (Å²) in [5, 5.41) is 9.45. The normalized spacial score (nSPS) is 20.6. The lowest BCUT2D eigenvalue weighted by Crippen LogP contribution is -2.40. The zero-order valence-corrected chi connectivity index (χ0v) is 15.0. The van der Waals surface area contributed by atoms with Crippen LogP contribution < -0.4 is 4.72 Å². The van der Waals surface area contributed by atoms with Gasteiger partial charge in [-0.3, -0.25) is 9.59 Å². The topological polar surface area (TPSA) is 113 Å². The summed E-state index contributed by atoms with van der Waals surface area (Å²) in [6, 6.07) is 5.59. The average Bonchev–Trinajstić information content (AvgIpc) is 3.00. The highest BCUT2D eigenvalue weighted by Gasteiger charge is 2.46. The van der Waals surface area contributed by atoms with Crippen LogP contribution in [0, 0.1) is 5.41 Å². The first-order valence-electron chi connectivity index (χ1n) is 7.87. The number of carboxylic acids is 1. The Hall–Kier alpha value is -1.97. The monoisotopic (exact) mass is 370 g/mol. The fraction of sp³-hybridized carbons (Fsp3) is 0.500. The standard InChI is InChI=1S/C16H22N2O6S/c1-3-17-25(22,23)13-6-4-12(5-7-13)14(19)18-9-8-16(10-18,11-24-2)15(20)21/h4-7,17H,3,8-11H2,1-2H3,(H,20,21). The number of amides is 1. The Labute approximate surface area is 146 Å². The van der Waals surface area contributed by atoms with Gasteiger partial charge in [0.25, 0.3) is 5.91 Å². The molecule has 0 radical (unpaired) electrons. The van der Waals surface area contributed by atoms with Gasteiger partial charge >= 0.3 is 5.97 Å². The van der Waals surface area contributed by atoms with E-state index in [1.54, 1.807) is 6.92 Å². The van der Waals surface area contributed by atoms with Gasteiger partial charge in [-0.1, -0.05) is 6.92 Å². The van der Waals surface area contributed by atoms with Crippen LogP contribution in [-0.2, 0) is 19.6 Å². The molecule has 0 saturated carbocycles. The quantitative estimate of drug-likeness (QED) is 0.725. The summed E-state index contributed by atoms with van der Waals surface area (Å²) in [7, 11) is -2.15. The second kappa shape index (κ2) is 7.51. The summed E-state index contributed by atoms with van der Waals surface area (Å²) in [5.74, 6) is -1.32. The Morgan fingerprint density at radius 1 is 1.32 bits per heavy atom. The molecular weight excluding hydrogens is 348 g/mol. The number of sulfonamides is 1. The largest absolute Gasteiger partial charge is 0.481 e. The Kier molecular flexibility index (Phi) is 5.81. The maximum atomic E-state index is 12.6. The van der Waals surface area contributed by atoms with Gasteiger partial charge < -0.3 is 14.7 Å². The van der Waals surface area contributed by atoms with Crippen LogP contribution in [0.25, 0.3) is 0 Å². The number of carbonyl (C=O) groups excluding carboxylic acids is 1. The van der Waals surface area contributed by atoms with Crippen LogP contribution in [0.3, 0.4) is 0 Å². The van der Waals surface area contributed by atoms with Gasteiger partial charge in [0.2, 0.25) is 10.0 Å². The number of ether oxygens (including phenoxy) is 1. The van der Waals surface area contributed by atoms with Crippen molar-refractivity contribution in [3.63, 3.8) is 0 Å². The highest BCUT2D eigenvalue weighted by atomic mass is 32.2. The Morgan fingerprint density at radius 2 is 1.96 bits per heavy atom. The van der Waals surface area contributed by atoms with E-state index in [4.69, 9.17) is 4.74 Å². The maximum absolute atomic E-state index is 12.6. The molecule has 0 aromatic heterocycles. The number of carboxylic acid groups (broad SMARTS) is 1. The number of hydrogen-bond acceptors (Lipinski definition) is 5. The molecule has 1 aliphatic rings. The van der Waals surface area contributed by atoms with Crippen molar-refractivity contribution in [1.29, 1.82) is 0 Å². The number of carbonyl (C=O) groups is 2. The lowest BCUT2D eigenvalue weighted by molar-refractivity contribution is -0.151. The number of methoxy groups -OCH3 is 1. The molecule has 138 valence electrons. The molecule has 1 unspecified atom stereocenters. The highest BCUT2D eigenvalue weighted by molar-refractivity contribution is 7.89. The van der Waals surface area contributed by atoms with Crippen molar-refractivity contribution in [3.8, 4) is 0 Å². The van der Waals surface area contributed by atoms with Gasteiger partial charge in [0, 0.05) is 32.3 Å². The van der Waals surface area contributed by atoms with Crippen LogP contribution in [0.15, 0.2) is 29.2 Å². The molecule has 0 bridgehead atoms. The van der Waals surface area contributed by atoms with Crippen LogP contribution in [0.4, 0.5) is 0 Å². The summed E-state index contributed by atoms with van der Waals surface area (Å²) < 4.78 is 31.2. The van der Waals surface area contributed by atoms with Gasteiger partial charge in [0.05, 0.1) is 11.5 Å². The third kappa shape index (κ3) is 4.00. The van der Waals surface area contributed by atoms with Gasteiger partial charge in [-0.15, -0.1) is 0 Å². The molecule has 1 aromatic rings. The van der Waals surface area contributed by atoms with E-state index in [0.29, 0.717) is 18.5 Å². The zero-order valence-electron chi connectivity index (χ0n) is 14.2. The molecule has 8 nitrogen and oxygen atoms in total. The van der Waals surface area contributed by atoms with E-state index in [-0.39, 0.29) is 30.5 Å². The number of nitrogens with zero attached hydrogens (tertiary/aromatic N) is 1. The number of aliphatic carboxylic acids is 1. The first kappa shape index (κ1) is 19.4. The number of nitrogens with one attached hydrogen (secondary N) is 1. The second-order valence-electron chi connectivity index (χ2n) is 6.02. The summed E-state index contributed by atoms with van der Waals surface area (Å²) in [4.78, 5) is 25.7. The fourth-order valence-electron chi connectivity index (χ4n) is 2.91. The molecule has 0 spiro atoms. The summed E-state index contributed by atoms with van der Waals surface area (Å²) in [6.07, 6.45) is 0.314. The van der Waals surface area contributed by atoms with E-state index >= 15 is 0 Å². The lowest BCUT2D eigenvalue weighted by atomic mass is 9.88. The molecule has 9 heteroatoms. The van der Waals surface area contributed by atoms with Gasteiger partial charge in [-0.05, 0) is 30.7 Å². The summed E-state index contributed by atoms with van der Waals surface area (Å²) in [6.45, 7) is 2.36. The van der Waals surface area contributed by atoms with E-state index in [1.807, 2.05) is 0 Å². The van der Waals surface area contributed by atoms with Crippen molar-refractivity contribution in [1.82, 2.24) is 9.62 Å². The minimum Gasteiger partial charge on any atom is -0.481 e. The number of rotatable bonds is 7. The third-order valence-electron chi connectivity index (χ3n) is 4.26. The summed E-state index contributed by atoms with van der Waals surface area (Å²) in [5.41, 5.74) is -0.785. The average molecular weight is 370 g/mol. The fourth-order valence-corrected chi connectivity index (χ4v) is 3.95. The molecule has 1 amide bonds. The van der Waals surface area contributed by atoms with Gasteiger partial charge in [-0.25, -0.2) is 13.1 Å². The minimum atomic E-state index is -3.58. The maximum Gasteiger partial charge on any atom is 0.313 e. The van der Waals surface area contributed by atoms with Crippen LogP contribution >= 0.6 is 0 Å². The molecule has 1 heterocycles. The predicted molar refractivity (Wildman–Crippen MR) is 89.8 cm³/mol. The first-order chi connectivity index (χ1) is 11.8. The number of likely N-dealkylation sites (tertiary alicyclic amines) is 1. The molecule has 2 N–H and O–H groups in total. The predicted octanol–water partition coefficient (Wildman–Crippen LogP) is 0.548. The van der Waals surface area contributed by atoms with Crippen molar-refractivity contribution >= 4 is 21.9 Å². The van der Waals surface area contributed by atoms with Crippen molar-refractivity contribution in [2.24, 2.45) is 5.41 Å². The van der Waals surface area contributed by atoms with Crippen LogP contribution in [0.5, 0.6) is 0 Å². The smallest absolute Gasteiger partial charge is 0.313 e. The van der Waals surface area contributed by atoms with Crippen LogP contribution in [0.2, 0.25) is 0 Å². The van der Waals surface area contributed by atoms with Crippen molar-refractivity contribution in [2.75, 3.05) is 33.4 Å². The van der Waals surface area contributed by atoms with Gasteiger partial charge in [0.1, 0.15) is 5.41 Å². The Balaban J connectivity index is 2.15. The number of hydrogen-bond donors (Lipinski definition) is 2. The van der Waals surface area contributed by atoms with Crippen molar-refractivity contribution in [3.05, 3.63) is 29.8 Å². The third-order valence-corrected chi connectivity index (χ3v) is 5.82. The molecule has 1 saturated heterocycles. The van der Waals surface area contributed by atoms with Crippen molar-refractivity contribution < 1.29 is 27.9 Å². The Morgan fingerprint density at radius 3 is 2.48 bits per heavy atom. The minimum absolute atomic E-state index is 0.0337. The molecule has 1 atom stereocenters. The Bertz CT molecular complexity index is 746. The van der Waals surface area contributed by atoms with E-state index < -0.39 is 21.4 Å². The van der Waals surface area contributed by atoms with E-state index in [9.17, 15) is 23.1 Å². The molecule has 25 heavy (non-hydrogen) atoms. The van der Waals surface area contributed by atoms with E-state index in [2.05, 4.69) is 4.72 Å². The SMILES string of the molecule is CCNS(=O)(=O)c1ccc(C(=O)N2CCC(COC)(C(=O)O)C2)cc1. The molecule has 2 rings (SSSR count). The molecule has 1 fully saturated rings. The van der Waals surface area contributed by atoms with E-state index in [0.717, 1.165) is 0 Å². The summed E-state index contributed by atoms with van der Waals surface area (Å²) >= 11 is 0. The molecule has 1 aliphatic heterocycles. The van der Waals surface area contributed by atoms with Crippen molar-refractivity contribution in [2.45, 2.75) is 18.2 Å². The first-order valence-corrected chi connectivity index (χ1v) is 9.35. The van der Waals surface area contributed by atoms with Crippen LogP contribution in [0.1, 0.15) is 23.7 Å². The van der Waals surface area contributed by atoms with E-state index in [1.165, 1.54) is 36.3 Å². The van der Waals surface area contributed by atoms with Gasteiger partial charge in [-0.2, -0.15) is 0 Å². The van der Waals surface area contributed by atoms with Gasteiger partial charge in [0.15, 0.2) is 0 Å².